The summed E-state index contributed by atoms with van der Waals surface area (Å²) in [5.74, 6) is -1.50. The third kappa shape index (κ3) is 5.21. The highest BCUT2D eigenvalue weighted by atomic mass is 32.2. The molecule has 2 unspecified atom stereocenters. The number of hydrogen-bond acceptors (Lipinski definition) is 7. The van der Waals surface area contributed by atoms with Gasteiger partial charge < -0.3 is 20.1 Å². The number of esters is 1. The number of ether oxygens (including phenoxy) is 1. The average Bonchev–Trinajstić information content (AvgIpc) is 2.41. The SMILES string of the molecule is CCCSC(CO)C(CO)(COC(=O)CS)C(=O)O. The van der Waals surface area contributed by atoms with Gasteiger partial charge in [0.15, 0.2) is 0 Å². The number of carboxylic acid groups (broad SMARTS) is 1. The van der Waals surface area contributed by atoms with Crippen molar-refractivity contribution in [2.75, 3.05) is 31.3 Å². The predicted octanol–water partition coefficient (Wildman–Crippen LogP) is 0.0268. The molecule has 0 aromatic carbocycles. The zero-order valence-electron chi connectivity index (χ0n) is 10.7. The highest BCUT2D eigenvalue weighted by Crippen LogP contribution is 2.32. The summed E-state index contributed by atoms with van der Waals surface area (Å²) in [7, 11) is 0. The molecule has 112 valence electrons. The van der Waals surface area contributed by atoms with Crippen molar-refractivity contribution in [1.82, 2.24) is 0 Å². The molecule has 0 saturated carbocycles. The first-order chi connectivity index (χ1) is 8.98. The Morgan fingerprint density at radius 1 is 1.42 bits per heavy atom. The van der Waals surface area contributed by atoms with Crippen molar-refractivity contribution in [2.24, 2.45) is 5.41 Å². The van der Waals surface area contributed by atoms with E-state index in [2.05, 4.69) is 12.6 Å². The van der Waals surface area contributed by atoms with Gasteiger partial charge in [0.1, 0.15) is 12.0 Å². The fraction of sp³-hybridized carbons (Fsp3) is 0.818. The lowest BCUT2D eigenvalue weighted by Gasteiger charge is -2.33. The van der Waals surface area contributed by atoms with Crippen LogP contribution in [0.3, 0.4) is 0 Å². The maximum Gasteiger partial charge on any atom is 0.316 e. The van der Waals surface area contributed by atoms with Crippen LogP contribution in [0, 0.1) is 5.41 Å². The number of carbonyl (C=O) groups is 2. The maximum absolute atomic E-state index is 11.4. The van der Waals surface area contributed by atoms with Crippen LogP contribution in [0.1, 0.15) is 13.3 Å². The van der Waals surface area contributed by atoms with E-state index >= 15 is 0 Å². The Bertz CT molecular complexity index is 299. The molecular weight excluding hydrogens is 292 g/mol. The lowest BCUT2D eigenvalue weighted by atomic mass is 9.86. The lowest BCUT2D eigenvalue weighted by Crippen LogP contribution is -2.50. The molecule has 19 heavy (non-hydrogen) atoms. The molecule has 0 aromatic rings. The summed E-state index contributed by atoms with van der Waals surface area (Å²) in [6.45, 7) is 0.296. The Balaban J connectivity index is 5.00. The number of thioether (sulfide) groups is 1. The van der Waals surface area contributed by atoms with Crippen molar-refractivity contribution in [3.8, 4) is 0 Å². The third-order valence-electron chi connectivity index (χ3n) is 2.63. The van der Waals surface area contributed by atoms with Crippen LogP contribution in [0.25, 0.3) is 0 Å². The molecule has 0 rings (SSSR count). The molecule has 0 spiro atoms. The van der Waals surface area contributed by atoms with Crippen molar-refractivity contribution in [2.45, 2.75) is 18.6 Å². The molecule has 0 radical (unpaired) electrons. The topological polar surface area (TPSA) is 104 Å². The van der Waals surface area contributed by atoms with Crippen molar-refractivity contribution >= 4 is 36.3 Å². The van der Waals surface area contributed by atoms with Crippen LogP contribution in [0.15, 0.2) is 0 Å². The van der Waals surface area contributed by atoms with Gasteiger partial charge in [0.2, 0.25) is 0 Å². The molecular formula is C11H20O6S2. The molecule has 0 fully saturated rings. The molecule has 3 N–H and O–H groups in total. The van der Waals surface area contributed by atoms with Crippen LogP contribution in [0.5, 0.6) is 0 Å². The van der Waals surface area contributed by atoms with Crippen LogP contribution < -0.4 is 0 Å². The molecule has 0 amide bonds. The Kier molecular flexibility index (Phi) is 9.24. The van der Waals surface area contributed by atoms with E-state index in [9.17, 15) is 24.9 Å². The summed E-state index contributed by atoms with van der Waals surface area (Å²) >= 11 is 4.96. The van der Waals surface area contributed by atoms with Gasteiger partial charge in [-0.05, 0) is 12.2 Å². The van der Waals surface area contributed by atoms with Gasteiger partial charge in [0, 0.05) is 5.25 Å². The second kappa shape index (κ2) is 9.46. The average molecular weight is 312 g/mol. The monoisotopic (exact) mass is 312 g/mol. The molecule has 8 heteroatoms. The van der Waals surface area contributed by atoms with Gasteiger partial charge in [-0.25, -0.2) is 0 Å². The zero-order chi connectivity index (χ0) is 14.9. The number of carbonyl (C=O) groups excluding carboxylic acids is 1. The minimum absolute atomic E-state index is 0.174. The van der Waals surface area contributed by atoms with Crippen molar-refractivity contribution in [1.29, 1.82) is 0 Å². The van der Waals surface area contributed by atoms with Crippen LogP contribution in [-0.4, -0.2) is 63.8 Å². The van der Waals surface area contributed by atoms with Crippen LogP contribution in [-0.2, 0) is 14.3 Å². The van der Waals surface area contributed by atoms with Gasteiger partial charge in [-0.3, -0.25) is 9.59 Å². The van der Waals surface area contributed by atoms with E-state index in [-0.39, 0.29) is 5.75 Å². The first-order valence-corrected chi connectivity index (χ1v) is 7.49. The fourth-order valence-electron chi connectivity index (χ4n) is 1.41. The quantitative estimate of drug-likeness (QED) is 0.333. The highest BCUT2D eigenvalue weighted by Gasteiger charge is 2.47. The summed E-state index contributed by atoms with van der Waals surface area (Å²) in [5, 5.41) is 27.3. The van der Waals surface area contributed by atoms with Gasteiger partial charge in [-0.15, -0.1) is 0 Å². The predicted molar refractivity (Wildman–Crippen MR) is 75.6 cm³/mol. The van der Waals surface area contributed by atoms with E-state index in [0.29, 0.717) is 5.75 Å². The molecule has 0 aliphatic carbocycles. The van der Waals surface area contributed by atoms with Crippen LogP contribution in [0.2, 0.25) is 0 Å². The molecule has 2 atom stereocenters. The van der Waals surface area contributed by atoms with Crippen molar-refractivity contribution in [3.63, 3.8) is 0 Å². The number of hydrogen-bond donors (Lipinski definition) is 4. The zero-order valence-corrected chi connectivity index (χ0v) is 12.5. The molecule has 0 aliphatic rings. The van der Waals surface area contributed by atoms with Crippen molar-refractivity contribution in [3.05, 3.63) is 0 Å². The lowest BCUT2D eigenvalue weighted by molar-refractivity contribution is -0.161. The number of thiol groups is 1. The normalized spacial score (nSPS) is 15.6. The van der Waals surface area contributed by atoms with E-state index in [4.69, 9.17) is 4.74 Å². The number of aliphatic hydroxyl groups excluding tert-OH is 2. The summed E-state index contributed by atoms with van der Waals surface area (Å²) in [5.41, 5.74) is -1.70. The van der Waals surface area contributed by atoms with Crippen LogP contribution >= 0.6 is 24.4 Å². The second-order valence-corrected chi connectivity index (χ2v) is 5.61. The van der Waals surface area contributed by atoms with E-state index in [1.165, 1.54) is 11.8 Å². The van der Waals surface area contributed by atoms with Crippen molar-refractivity contribution < 1.29 is 29.6 Å². The van der Waals surface area contributed by atoms with E-state index in [0.717, 1.165) is 6.42 Å². The minimum Gasteiger partial charge on any atom is -0.481 e. The van der Waals surface area contributed by atoms with Gasteiger partial charge in [-0.2, -0.15) is 24.4 Å². The Labute approximate surface area is 121 Å². The molecule has 0 aromatic heterocycles. The molecule has 0 bridgehead atoms. The van der Waals surface area contributed by atoms with E-state index < -0.39 is 42.4 Å². The fourth-order valence-corrected chi connectivity index (χ4v) is 2.69. The Hall–Kier alpha value is -0.440. The number of carboxylic acids is 1. The summed E-state index contributed by atoms with van der Waals surface area (Å²) < 4.78 is 4.79. The smallest absolute Gasteiger partial charge is 0.316 e. The highest BCUT2D eigenvalue weighted by molar-refractivity contribution is 8.00. The second-order valence-electron chi connectivity index (χ2n) is 3.98. The summed E-state index contributed by atoms with van der Waals surface area (Å²) in [6.07, 6.45) is 0.804. The van der Waals surface area contributed by atoms with E-state index in [1.807, 2.05) is 6.92 Å². The number of aliphatic carboxylic acids is 1. The third-order valence-corrected chi connectivity index (χ3v) is 4.54. The van der Waals surface area contributed by atoms with Gasteiger partial charge in [0.25, 0.3) is 0 Å². The summed E-state index contributed by atoms with van der Waals surface area (Å²) in [4.78, 5) is 22.5. The largest absolute Gasteiger partial charge is 0.481 e. The first-order valence-electron chi connectivity index (χ1n) is 5.81. The molecule has 0 aliphatic heterocycles. The van der Waals surface area contributed by atoms with Gasteiger partial charge in [0.05, 0.1) is 19.0 Å². The molecule has 0 heterocycles. The Morgan fingerprint density at radius 3 is 2.42 bits per heavy atom. The first kappa shape index (κ1) is 18.6. The Morgan fingerprint density at radius 2 is 2.05 bits per heavy atom. The number of rotatable bonds is 10. The minimum atomic E-state index is -1.70. The van der Waals surface area contributed by atoms with Gasteiger partial charge in [-0.1, -0.05) is 6.92 Å². The number of aliphatic hydroxyl groups is 2. The maximum atomic E-state index is 11.4. The van der Waals surface area contributed by atoms with E-state index in [1.54, 1.807) is 0 Å². The van der Waals surface area contributed by atoms with Crippen LogP contribution in [0.4, 0.5) is 0 Å². The standard InChI is InChI=1S/C11H20O6S2/c1-2-3-19-8(4-12)11(6-13,10(15)16)7-17-9(14)5-18/h8,12-13,18H,2-7H2,1H3,(H,15,16). The molecule has 6 nitrogen and oxygen atoms in total. The molecule has 0 saturated heterocycles. The van der Waals surface area contributed by atoms with Gasteiger partial charge >= 0.3 is 11.9 Å². The summed E-state index contributed by atoms with van der Waals surface area (Å²) in [6, 6.07) is 0.